The molecule has 1 saturated heterocycles. The van der Waals surface area contributed by atoms with Gasteiger partial charge in [0.15, 0.2) is 11.5 Å². The van der Waals surface area contributed by atoms with E-state index in [1.165, 1.54) is 17.4 Å². The maximum Gasteiger partial charge on any atom is 0.274 e. The van der Waals surface area contributed by atoms with Crippen LogP contribution in [0.4, 0.5) is 4.39 Å². The van der Waals surface area contributed by atoms with Crippen LogP contribution in [0.3, 0.4) is 0 Å². The summed E-state index contributed by atoms with van der Waals surface area (Å²) in [4.78, 5) is 8.96. The highest BCUT2D eigenvalue weighted by Crippen LogP contribution is 2.37. The van der Waals surface area contributed by atoms with Crippen molar-refractivity contribution in [2.75, 3.05) is 0 Å². The molecular formula is C24H28FN5OS. The van der Waals surface area contributed by atoms with E-state index in [9.17, 15) is 0 Å². The van der Waals surface area contributed by atoms with Gasteiger partial charge in [-0.2, -0.15) is 10.1 Å². The van der Waals surface area contributed by atoms with Gasteiger partial charge >= 0.3 is 0 Å². The Morgan fingerprint density at radius 2 is 1.81 bits per heavy atom. The number of piperidine rings is 1. The van der Waals surface area contributed by atoms with Crippen LogP contribution < -0.4 is 10.1 Å². The number of nitrogens with zero attached hydrogens (tertiary/aromatic N) is 4. The normalized spacial score (nSPS) is 18.5. The van der Waals surface area contributed by atoms with Gasteiger partial charge in [-0.05, 0) is 65.3 Å². The third-order valence-electron chi connectivity index (χ3n) is 5.87. The van der Waals surface area contributed by atoms with Crippen molar-refractivity contribution in [2.45, 2.75) is 71.6 Å². The summed E-state index contributed by atoms with van der Waals surface area (Å²) in [5.74, 6) is -0.365. The molecule has 0 unspecified atom stereocenters. The molecule has 0 aliphatic carbocycles. The summed E-state index contributed by atoms with van der Waals surface area (Å²) in [6.07, 6.45) is 3.64. The first-order valence-corrected chi connectivity index (χ1v) is 11.7. The predicted octanol–water partition coefficient (Wildman–Crippen LogP) is 5.45. The topological polar surface area (TPSA) is 64.3 Å². The van der Waals surface area contributed by atoms with Crippen molar-refractivity contribution in [1.29, 1.82) is 0 Å². The van der Waals surface area contributed by atoms with Crippen LogP contribution in [0.2, 0.25) is 0 Å². The average molecular weight is 454 g/mol. The SMILES string of the molecule is Cc1cn2nc(-c3cc(F)c4nc(OC5CC(C)(C)NC(C)(C)C5)sc4c3)cc(C)c2n1. The molecule has 0 amide bonds. The van der Waals surface area contributed by atoms with Crippen LogP contribution >= 0.6 is 11.3 Å². The number of nitrogens with one attached hydrogen (secondary N) is 1. The molecular weight excluding hydrogens is 425 g/mol. The van der Waals surface area contributed by atoms with Crippen LogP contribution in [0.5, 0.6) is 5.19 Å². The van der Waals surface area contributed by atoms with E-state index < -0.39 is 0 Å². The largest absolute Gasteiger partial charge is 0.467 e. The number of halogens is 1. The zero-order valence-electron chi connectivity index (χ0n) is 19.3. The molecule has 0 bridgehead atoms. The molecule has 1 aliphatic rings. The highest BCUT2D eigenvalue weighted by atomic mass is 32.1. The van der Waals surface area contributed by atoms with Crippen LogP contribution in [0, 0.1) is 19.7 Å². The molecule has 1 aromatic carbocycles. The quantitative estimate of drug-likeness (QED) is 0.447. The molecule has 5 rings (SSSR count). The molecule has 6 nitrogen and oxygen atoms in total. The van der Waals surface area contributed by atoms with Crippen molar-refractivity contribution in [3.63, 3.8) is 0 Å². The first kappa shape index (κ1) is 21.3. The van der Waals surface area contributed by atoms with Crippen molar-refractivity contribution < 1.29 is 9.13 Å². The van der Waals surface area contributed by atoms with Crippen molar-refractivity contribution in [1.82, 2.24) is 24.9 Å². The predicted molar refractivity (Wildman–Crippen MR) is 126 cm³/mol. The molecule has 1 aliphatic heterocycles. The Labute approximate surface area is 190 Å². The summed E-state index contributed by atoms with van der Waals surface area (Å²) < 4.78 is 23.8. The van der Waals surface area contributed by atoms with Crippen LogP contribution in [-0.2, 0) is 0 Å². The zero-order valence-corrected chi connectivity index (χ0v) is 20.1. The fraction of sp³-hybridized carbons (Fsp3) is 0.458. The third kappa shape index (κ3) is 3.97. The fourth-order valence-electron chi connectivity index (χ4n) is 5.01. The lowest BCUT2D eigenvalue weighted by Crippen LogP contribution is -2.60. The molecule has 32 heavy (non-hydrogen) atoms. The lowest BCUT2D eigenvalue weighted by molar-refractivity contribution is 0.0559. The molecule has 0 atom stereocenters. The number of rotatable bonds is 3. The lowest BCUT2D eigenvalue weighted by Gasteiger charge is -2.45. The first-order chi connectivity index (χ1) is 15.0. The number of thiazole rings is 1. The van der Waals surface area contributed by atoms with E-state index in [-0.39, 0.29) is 23.0 Å². The van der Waals surface area contributed by atoms with E-state index in [4.69, 9.17) is 4.74 Å². The lowest BCUT2D eigenvalue weighted by atomic mass is 9.81. The molecule has 4 aromatic rings. The Morgan fingerprint density at radius 3 is 2.53 bits per heavy atom. The number of fused-ring (bicyclic) bond motifs is 2. The van der Waals surface area contributed by atoms with Gasteiger partial charge in [-0.1, -0.05) is 11.3 Å². The molecule has 8 heteroatoms. The van der Waals surface area contributed by atoms with Gasteiger partial charge in [-0.15, -0.1) is 0 Å². The number of hydrogen-bond donors (Lipinski definition) is 1. The molecule has 4 heterocycles. The number of imidazole rings is 1. The summed E-state index contributed by atoms with van der Waals surface area (Å²) in [5, 5.41) is 8.81. The summed E-state index contributed by atoms with van der Waals surface area (Å²) in [6, 6.07) is 5.39. The number of hydrogen-bond acceptors (Lipinski definition) is 6. The van der Waals surface area contributed by atoms with Gasteiger partial charge in [0.1, 0.15) is 11.6 Å². The Balaban J connectivity index is 1.49. The minimum atomic E-state index is -0.365. The van der Waals surface area contributed by atoms with Crippen molar-refractivity contribution in [3.05, 3.63) is 41.5 Å². The first-order valence-electron chi connectivity index (χ1n) is 10.9. The van der Waals surface area contributed by atoms with Gasteiger partial charge < -0.3 is 10.1 Å². The van der Waals surface area contributed by atoms with Gasteiger partial charge in [0.05, 0.1) is 22.3 Å². The third-order valence-corrected chi connectivity index (χ3v) is 6.77. The van der Waals surface area contributed by atoms with E-state index in [1.54, 1.807) is 4.52 Å². The Hall–Kier alpha value is -2.58. The summed E-state index contributed by atoms with van der Waals surface area (Å²) >= 11 is 1.39. The Morgan fingerprint density at radius 1 is 1.09 bits per heavy atom. The van der Waals surface area contributed by atoms with Crippen molar-refractivity contribution >= 4 is 27.2 Å². The second-order valence-corrected chi connectivity index (χ2v) is 11.2. The van der Waals surface area contributed by atoms with E-state index in [1.807, 2.05) is 32.2 Å². The molecule has 0 spiro atoms. The highest BCUT2D eigenvalue weighted by molar-refractivity contribution is 7.20. The summed E-state index contributed by atoms with van der Waals surface area (Å²) in [5.41, 5.74) is 4.40. The van der Waals surface area contributed by atoms with Crippen LogP contribution in [0.25, 0.3) is 27.1 Å². The van der Waals surface area contributed by atoms with E-state index in [2.05, 4.69) is 48.1 Å². The highest BCUT2D eigenvalue weighted by Gasteiger charge is 2.39. The fourth-order valence-corrected chi connectivity index (χ4v) is 5.94. The average Bonchev–Trinajstić information content (AvgIpc) is 3.21. The van der Waals surface area contributed by atoms with Gasteiger partial charge in [0.2, 0.25) is 0 Å². The molecule has 3 aromatic heterocycles. The van der Waals surface area contributed by atoms with Crippen molar-refractivity contribution in [2.24, 2.45) is 0 Å². The van der Waals surface area contributed by atoms with Crippen LogP contribution in [0.15, 0.2) is 24.4 Å². The Bertz CT molecular complexity index is 1320. The number of aromatic nitrogens is 4. The molecule has 0 saturated carbocycles. The van der Waals surface area contributed by atoms with Gasteiger partial charge in [0.25, 0.3) is 5.19 Å². The number of aryl methyl sites for hydroxylation is 2. The maximum absolute atomic E-state index is 15.0. The van der Waals surface area contributed by atoms with Crippen LogP contribution in [-0.4, -0.2) is 36.8 Å². The van der Waals surface area contributed by atoms with Crippen LogP contribution in [0.1, 0.15) is 51.8 Å². The van der Waals surface area contributed by atoms with Crippen molar-refractivity contribution in [3.8, 4) is 16.5 Å². The molecule has 1 N–H and O–H groups in total. The van der Waals surface area contributed by atoms with Gasteiger partial charge in [-0.3, -0.25) is 0 Å². The summed E-state index contributed by atoms with van der Waals surface area (Å²) in [6.45, 7) is 12.7. The molecule has 168 valence electrons. The van der Waals surface area contributed by atoms with Gasteiger partial charge in [0, 0.05) is 29.5 Å². The van der Waals surface area contributed by atoms with Gasteiger partial charge in [-0.25, -0.2) is 13.9 Å². The minimum Gasteiger partial charge on any atom is -0.467 e. The second kappa shape index (κ2) is 7.22. The minimum absolute atomic E-state index is 0.0283. The standard InChI is InChI=1S/C24H28FN5OS/c1-13-7-18(28-30-12-14(2)26-21(13)30)15-8-17(25)20-19(9-15)32-22(27-20)31-16-10-23(3,4)29-24(5,6)11-16/h7-9,12,16,29H,10-11H2,1-6H3. The molecule has 0 radical (unpaired) electrons. The van der Waals surface area contributed by atoms with E-state index >= 15 is 4.39 Å². The second-order valence-electron chi connectivity index (χ2n) is 10.2. The van der Waals surface area contributed by atoms with E-state index in [0.29, 0.717) is 22.0 Å². The number of benzene rings is 1. The Kier molecular flexibility index (Phi) is 4.80. The van der Waals surface area contributed by atoms with E-state index in [0.717, 1.165) is 34.4 Å². The maximum atomic E-state index is 15.0. The zero-order chi connectivity index (χ0) is 22.8. The smallest absolute Gasteiger partial charge is 0.274 e. The molecule has 1 fully saturated rings. The number of ether oxygens (including phenoxy) is 1. The monoisotopic (exact) mass is 453 g/mol. The summed E-state index contributed by atoms with van der Waals surface area (Å²) in [7, 11) is 0.